The van der Waals surface area contributed by atoms with Gasteiger partial charge in [-0.15, -0.1) is 0 Å². The average molecular weight is 282 g/mol. The molecule has 4 heteroatoms. The summed E-state index contributed by atoms with van der Waals surface area (Å²) in [6.07, 6.45) is 0. The molecule has 0 aliphatic rings. The molecule has 21 heavy (non-hydrogen) atoms. The Labute approximate surface area is 121 Å². The van der Waals surface area contributed by atoms with Gasteiger partial charge in [-0.25, -0.2) is 4.79 Å². The molecule has 0 spiro atoms. The Bertz CT molecular complexity index is 801. The SMILES string of the molecule is Cc1oc(C(=O)O)cc1COc1ccc2ccccc2c1. The summed E-state index contributed by atoms with van der Waals surface area (Å²) < 4.78 is 10.9. The minimum absolute atomic E-state index is 0.0652. The minimum atomic E-state index is -1.07. The van der Waals surface area contributed by atoms with E-state index in [1.807, 2.05) is 42.5 Å². The third-order valence-electron chi connectivity index (χ3n) is 3.35. The number of rotatable bonds is 4. The summed E-state index contributed by atoms with van der Waals surface area (Å²) in [5, 5.41) is 11.1. The third kappa shape index (κ3) is 2.74. The highest BCUT2D eigenvalue weighted by atomic mass is 16.5. The molecule has 0 amide bonds. The fourth-order valence-corrected chi connectivity index (χ4v) is 2.19. The van der Waals surface area contributed by atoms with E-state index in [2.05, 4.69) is 0 Å². The van der Waals surface area contributed by atoms with Gasteiger partial charge in [-0.2, -0.15) is 0 Å². The van der Waals surface area contributed by atoms with Crippen molar-refractivity contribution in [3.05, 3.63) is 65.6 Å². The summed E-state index contributed by atoms with van der Waals surface area (Å²) in [4.78, 5) is 10.9. The number of carbonyl (C=O) groups is 1. The average Bonchev–Trinajstić information content (AvgIpc) is 2.86. The van der Waals surface area contributed by atoms with Gasteiger partial charge in [-0.3, -0.25) is 0 Å². The van der Waals surface area contributed by atoms with Crippen molar-refractivity contribution in [3.63, 3.8) is 0 Å². The zero-order valence-electron chi connectivity index (χ0n) is 11.5. The second kappa shape index (κ2) is 5.32. The molecule has 0 saturated carbocycles. The van der Waals surface area contributed by atoms with Crippen LogP contribution < -0.4 is 4.74 Å². The quantitative estimate of drug-likeness (QED) is 0.785. The van der Waals surface area contributed by atoms with E-state index >= 15 is 0 Å². The highest BCUT2D eigenvalue weighted by Gasteiger charge is 2.13. The van der Waals surface area contributed by atoms with Gasteiger partial charge in [0.2, 0.25) is 5.76 Å². The van der Waals surface area contributed by atoms with Gasteiger partial charge in [0.15, 0.2) is 0 Å². The first-order valence-corrected chi connectivity index (χ1v) is 6.58. The fraction of sp³-hybridized carbons (Fsp3) is 0.118. The zero-order valence-corrected chi connectivity index (χ0v) is 11.5. The Balaban J connectivity index is 1.78. The van der Waals surface area contributed by atoms with Crippen LogP contribution in [0.1, 0.15) is 21.9 Å². The molecule has 2 aromatic carbocycles. The Morgan fingerprint density at radius 3 is 2.62 bits per heavy atom. The summed E-state index contributed by atoms with van der Waals surface area (Å²) in [7, 11) is 0. The van der Waals surface area contributed by atoms with E-state index in [1.165, 1.54) is 6.07 Å². The molecule has 4 nitrogen and oxygen atoms in total. The molecule has 0 aliphatic carbocycles. The van der Waals surface area contributed by atoms with Gasteiger partial charge in [-0.05, 0) is 35.9 Å². The summed E-state index contributed by atoms with van der Waals surface area (Å²) in [6, 6.07) is 15.4. The maximum absolute atomic E-state index is 10.9. The van der Waals surface area contributed by atoms with Crippen molar-refractivity contribution in [3.8, 4) is 5.75 Å². The van der Waals surface area contributed by atoms with E-state index in [-0.39, 0.29) is 12.4 Å². The predicted molar refractivity (Wildman–Crippen MR) is 78.7 cm³/mol. The van der Waals surface area contributed by atoms with Crippen LogP contribution in [-0.4, -0.2) is 11.1 Å². The number of hydrogen-bond donors (Lipinski definition) is 1. The third-order valence-corrected chi connectivity index (χ3v) is 3.35. The molecule has 1 aromatic heterocycles. The molecule has 3 rings (SSSR count). The van der Waals surface area contributed by atoms with E-state index in [0.29, 0.717) is 5.76 Å². The monoisotopic (exact) mass is 282 g/mol. The van der Waals surface area contributed by atoms with Gasteiger partial charge < -0.3 is 14.3 Å². The largest absolute Gasteiger partial charge is 0.489 e. The second-order valence-corrected chi connectivity index (χ2v) is 4.79. The number of furan rings is 1. The number of carboxylic acid groups (broad SMARTS) is 1. The zero-order chi connectivity index (χ0) is 14.8. The molecule has 0 fully saturated rings. The standard InChI is InChI=1S/C17H14O4/c1-11-14(9-16(21-11)17(18)19)10-20-15-7-6-12-4-2-3-5-13(12)8-15/h2-9H,10H2,1H3,(H,18,19). The van der Waals surface area contributed by atoms with E-state index in [9.17, 15) is 4.79 Å². The molecule has 106 valence electrons. The summed E-state index contributed by atoms with van der Waals surface area (Å²) in [5.41, 5.74) is 0.737. The van der Waals surface area contributed by atoms with Gasteiger partial charge in [0.05, 0.1) is 0 Å². The summed E-state index contributed by atoms with van der Waals surface area (Å²) >= 11 is 0. The van der Waals surface area contributed by atoms with Crippen molar-refractivity contribution in [1.82, 2.24) is 0 Å². The van der Waals surface area contributed by atoms with Crippen LogP contribution in [0.2, 0.25) is 0 Å². The molecule has 1 heterocycles. The van der Waals surface area contributed by atoms with Crippen LogP contribution in [0, 0.1) is 6.92 Å². The van der Waals surface area contributed by atoms with Crippen LogP contribution in [0.4, 0.5) is 0 Å². The highest BCUT2D eigenvalue weighted by molar-refractivity contribution is 5.85. The number of aromatic carboxylic acids is 1. The van der Waals surface area contributed by atoms with Gasteiger partial charge in [0.25, 0.3) is 0 Å². The predicted octanol–water partition coefficient (Wildman–Crippen LogP) is 4.02. The highest BCUT2D eigenvalue weighted by Crippen LogP contribution is 2.22. The lowest BCUT2D eigenvalue weighted by atomic mass is 10.1. The van der Waals surface area contributed by atoms with Gasteiger partial charge in [-0.1, -0.05) is 30.3 Å². The summed E-state index contributed by atoms with van der Waals surface area (Å²) in [5.74, 6) is 0.166. The lowest BCUT2D eigenvalue weighted by molar-refractivity contribution is 0.0661. The van der Waals surface area contributed by atoms with Crippen LogP contribution in [0.25, 0.3) is 10.8 Å². The Hall–Kier alpha value is -2.75. The maximum Gasteiger partial charge on any atom is 0.371 e. The summed E-state index contributed by atoms with van der Waals surface area (Å²) in [6.45, 7) is 2.01. The fourth-order valence-electron chi connectivity index (χ4n) is 2.19. The molecule has 0 saturated heterocycles. The second-order valence-electron chi connectivity index (χ2n) is 4.79. The number of benzene rings is 2. The van der Waals surface area contributed by atoms with Crippen molar-refractivity contribution < 1.29 is 19.1 Å². The molecular formula is C17H14O4. The van der Waals surface area contributed by atoms with Crippen molar-refractivity contribution >= 4 is 16.7 Å². The maximum atomic E-state index is 10.9. The molecule has 3 aromatic rings. The van der Waals surface area contributed by atoms with E-state index in [1.54, 1.807) is 6.92 Å². The number of fused-ring (bicyclic) bond motifs is 1. The van der Waals surface area contributed by atoms with E-state index < -0.39 is 5.97 Å². The molecule has 0 aliphatic heterocycles. The van der Waals surface area contributed by atoms with Crippen LogP contribution in [0.5, 0.6) is 5.75 Å². The molecule has 1 N–H and O–H groups in total. The topological polar surface area (TPSA) is 59.7 Å². The first-order valence-electron chi connectivity index (χ1n) is 6.58. The van der Waals surface area contributed by atoms with Gasteiger partial charge in [0, 0.05) is 5.56 Å². The van der Waals surface area contributed by atoms with E-state index in [4.69, 9.17) is 14.3 Å². The number of aryl methyl sites for hydroxylation is 1. The smallest absolute Gasteiger partial charge is 0.371 e. The van der Waals surface area contributed by atoms with Crippen LogP contribution in [0.3, 0.4) is 0 Å². The normalized spacial score (nSPS) is 10.7. The molecule has 0 atom stereocenters. The van der Waals surface area contributed by atoms with E-state index in [0.717, 1.165) is 22.1 Å². The van der Waals surface area contributed by atoms with Crippen molar-refractivity contribution in [2.24, 2.45) is 0 Å². The molecule has 0 radical (unpaired) electrons. The van der Waals surface area contributed by atoms with Gasteiger partial charge in [0.1, 0.15) is 18.1 Å². The number of hydrogen-bond acceptors (Lipinski definition) is 3. The van der Waals surface area contributed by atoms with Crippen LogP contribution in [0.15, 0.2) is 52.9 Å². The number of ether oxygens (including phenoxy) is 1. The van der Waals surface area contributed by atoms with Crippen molar-refractivity contribution in [2.75, 3.05) is 0 Å². The lowest BCUT2D eigenvalue weighted by Crippen LogP contribution is -1.96. The molecule has 0 unspecified atom stereocenters. The molecule has 0 bridgehead atoms. The van der Waals surface area contributed by atoms with Crippen LogP contribution in [-0.2, 0) is 6.61 Å². The molecular weight excluding hydrogens is 268 g/mol. The first-order chi connectivity index (χ1) is 10.1. The number of carboxylic acids is 1. The van der Waals surface area contributed by atoms with Crippen molar-refractivity contribution in [1.29, 1.82) is 0 Å². The van der Waals surface area contributed by atoms with Gasteiger partial charge >= 0.3 is 5.97 Å². The van der Waals surface area contributed by atoms with Crippen LogP contribution >= 0.6 is 0 Å². The van der Waals surface area contributed by atoms with Crippen molar-refractivity contribution in [2.45, 2.75) is 13.5 Å². The minimum Gasteiger partial charge on any atom is -0.489 e. The Morgan fingerprint density at radius 1 is 1.14 bits per heavy atom. The Morgan fingerprint density at radius 2 is 1.90 bits per heavy atom. The lowest BCUT2D eigenvalue weighted by Gasteiger charge is -2.06. The first kappa shape index (κ1) is 13.2. The Kier molecular flexibility index (Phi) is 3.36.